The van der Waals surface area contributed by atoms with Crippen molar-refractivity contribution in [3.63, 3.8) is 0 Å². The summed E-state index contributed by atoms with van der Waals surface area (Å²) in [6.07, 6.45) is 4.94. The quantitative estimate of drug-likeness (QED) is 0.850. The summed E-state index contributed by atoms with van der Waals surface area (Å²) in [7, 11) is 1.77. The summed E-state index contributed by atoms with van der Waals surface area (Å²) < 4.78 is 11.4. The first kappa shape index (κ1) is 13.3. The van der Waals surface area contributed by atoms with Gasteiger partial charge in [0.05, 0.1) is 6.10 Å². The van der Waals surface area contributed by atoms with Crippen LogP contribution < -0.4 is 10.5 Å². The summed E-state index contributed by atoms with van der Waals surface area (Å²) in [5.41, 5.74) is 6.43. The predicted octanol–water partition coefficient (Wildman–Crippen LogP) is 2.66. The molecule has 2 rings (SSSR count). The Labute approximate surface area is 113 Å². The number of hydrogen-bond donors (Lipinski definition) is 1. The van der Waals surface area contributed by atoms with Crippen molar-refractivity contribution >= 4 is 17.2 Å². The molecule has 2 unspecified atom stereocenters. The van der Waals surface area contributed by atoms with Gasteiger partial charge in [-0.2, -0.15) is 0 Å². The van der Waals surface area contributed by atoms with Crippen LogP contribution in [0.2, 0.25) is 0 Å². The lowest BCUT2D eigenvalue weighted by atomic mass is 9.95. The molecule has 1 aliphatic rings. The maximum absolute atomic E-state index is 5.96. The number of methoxy groups -OCH3 is 1. The van der Waals surface area contributed by atoms with E-state index >= 15 is 0 Å². The van der Waals surface area contributed by atoms with E-state index in [2.05, 4.69) is 0 Å². The number of nitrogens with two attached hydrogens (primary N) is 1. The molecule has 3 nitrogen and oxygen atoms in total. The van der Waals surface area contributed by atoms with Crippen molar-refractivity contribution < 1.29 is 9.47 Å². The van der Waals surface area contributed by atoms with Gasteiger partial charge in [0.2, 0.25) is 0 Å². The molecule has 0 aliphatic heterocycles. The molecule has 1 saturated carbocycles. The van der Waals surface area contributed by atoms with Crippen LogP contribution in [-0.2, 0) is 4.74 Å². The molecule has 0 spiro atoms. The van der Waals surface area contributed by atoms with Crippen LogP contribution in [0.3, 0.4) is 0 Å². The van der Waals surface area contributed by atoms with Crippen molar-refractivity contribution in [3.05, 3.63) is 29.8 Å². The van der Waals surface area contributed by atoms with Crippen LogP contribution >= 0.6 is 12.2 Å². The van der Waals surface area contributed by atoms with E-state index in [4.69, 9.17) is 27.4 Å². The maximum Gasteiger partial charge on any atom is 0.119 e. The molecule has 0 bridgehead atoms. The van der Waals surface area contributed by atoms with E-state index in [9.17, 15) is 0 Å². The smallest absolute Gasteiger partial charge is 0.119 e. The van der Waals surface area contributed by atoms with Crippen molar-refractivity contribution in [1.29, 1.82) is 0 Å². The molecule has 98 valence electrons. The fourth-order valence-corrected chi connectivity index (χ4v) is 2.45. The molecule has 0 saturated heterocycles. The average Bonchev–Trinajstić information content (AvgIpc) is 2.39. The molecule has 4 heteroatoms. The van der Waals surface area contributed by atoms with E-state index in [1.807, 2.05) is 24.3 Å². The molecule has 0 amide bonds. The third-order valence-electron chi connectivity index (χ3n) is 3.35. The summed E-state index contributed by atoms with van der Waals surface area (Å²) in [5, 5.41) is 0. The van der Waals surface area contributed by atoms with Crippen LogP contribution in [0.5, 0.6) is 5.75 Å². The highest BCUT2D eigenvalue weighted by Gasteiger charge is 2.22. The van der Waals surface area contributed by atoms with Crippen molar-refractivity contribution in [2.75, 3.05) is 7.11 Å². The third kappa shape index (κ3) is 3.43. The summed E-state index contributed by atoms with van der Waals surface area (Å²) in [4.78, 5) is 0.415. The Morgan fingerprint density at radius 2 is 1.89 bits per heavy atom. The van der Waals surface area contributed by atoms with E-state index in [1.54, 1.807) is 7.11 Å². The fourth-order valence-electron chi connectivity index (χ4n) is 2.31. The highest BCUT2D eigenvalue weighted by molar-refractivity contribution is 7.80. The number of ether oxygens (including phenoxy) is 2. The predicted molar refractivity (Wildman–Crippen MR) is 76.0 cm³/mol. The van der Waals surface area contributed by atoms with Crippen LogP contribution in [0.25, 0.3) is 0 Å². The topological polar surface area (TPSA) is 44.5 Å². The molecule has 18 heavy (non-hydrogen) atoms. The second-order valence-corrected chi connectivity index (χ2v) is 5.09. The van der Waals surface area contributed by atoms with E-state index in [0.29, 0.717) is 11.1 Å². The standard InChI is InChI=1S/C14H19NO2S/c1-16-12-3-2-4-13(9-12)17-11-7-5-10(6-8-11)14(15)18/h5-8,12-13H,2-4,9H2,1H3,(H2,15,18). The van der Waals surface area contributed by atoms with Crippen molar-refractivity contribution in [2.45, 2.75) is 37.9 Å². The lowest BCUT2D eigenvalue weighted by molar-refractivity contribution is 0.0210. The summed E-state index contributed by atoms with van der Waals surface area (Å²) >= 11 is 4.92. The number of benzene rings is 1. The number of thiocarbonyl (C=S) groups is 1. The monoisotopic (exact) mass is 265 g/mol. The van der Waals surface area contributed by atoms with Crippen LogP contribution in [0.15, 0.2) is 24.3 Å². The molecule has 1 aliphatic carbocycles. The molecule has 1 aromatic rings. The maximum atomic E-state index is 5.96. The number of hydrogen-bond acceptors (Lipinski definition) is 3. The Kier molecular flexibility index (Phi) is 4.55. The Hall–Kier alpha value is -1.13. The zero-order chi connectivity index (χ0) is 13.0. The van der Waals surface area contributed by atoms with E-state index < -0.39 is 0 Å². The van der Waals surface area contributed by atoms with Crippen molar-refractivity contribution in [2.24, 2.45) is 5.73 Å². The second kappa shape index (κ2) is 6.16. The lowest BCUT2D eigenvalue weighted by Gasteiger charge is -2.28. The highest BCUT2D eigenvalue weighted by Crippen LogP contribution is 2.25. The van der Waals surface area contributed by atoms with Gasteiger partial charge in [-0.05, 0) is 43.5 Å². The largest absolute Gasteiger partial charge is 0.490 e. The highest BCUT2D eigenvalue weighted by atomic mass is 32.1. The molecule has 0 heterocycles. The average molecular weight is 265 g/mol. The minimum absolute atomic E-state index is 0.249. The second-order valence-electron chi connectivity index (χ2n) is 4.65. The van der Waals surface area contributed by atoms with Crippen molar-refractivity contribution in [3.8, 4) is 5.75 Å². The Bertz CT molecular complexity index is 405. The molecule has 2 atom stereocenters. The van der Waals surface area contributed by atoms with Gasteiger partial charge < -0.3 is 15.2 Å². The van der Waals surface area contributed by atoms with Gasteiger partial charge in [-0.15, -0.1) is 0 Å². The van der Waals surface area contributed by atoms with E-state index in [0.717, 1.165) is 37.0 Å². The normalized spacial score (nSPS) is 23.6. The third-order valence-corrected chi connectivity index (χ3v) is 3.59. The SMILES string of the molecule is COC1CCCC(Oc2ccc(C(N)=S)cc2)C1. The van der Waals surface area contributed by atoms with Gasteiger partial charge in [-0.3, -0.25) is 0 Å². The van der Waals surface area contributed by atoms with E-state index in [1.165, 1.54) is 0 Å². The molecule has 1 aromatic carbocycles. The Morgan fingerprint density at radius 3 is 2.50 bits per heavy atom. The van der Waals surface area contributed by atoms with Gasteiger partial charge in [0.25, 0.3) is 0 Å². The van der Waals surface area contributed by atoms with Crippen molar-refractivity contribution in [1.82, 2.24) is 0 Å². The minimum atomic E-state index is 0.249. The zero-order valence-corrected chi connectivity index (χ0v) is 11.4. The van der Waals surface area contributed by atoms with E-state index in [-0.39, 0.29) is 6.10 Å². The Morgan fingerprint density at radius 1 is 1.22 bits per heavy atom. The summed E-state index contributed by atoms with van der Waals surface area (Å²) in [6, 6.07) is 7.64. The van der Waals surface area contributed by atoms with Gasteiger partial charge in [0.1, 0.15) is 16.8 Å². The first-order valence-corrected chi connectivity index (χ1v) is 6.69. The molecule has 0 radical (unpaired) electrons. The Balaban J connectivity index is 1.94. The first-order valence-electron chi connectivity index (χ1n) is 6.28. The molecule has 0 aromatic heterocycles. The van der Waals surface area contributed by atoms with Gasteiger partial charge in [-0.25, -0.2) is 0 Å². The number of rotatable bonds is 4. The summed E-state index contributed by atoms with van der Waals surface area (Å²) in [5.74, 6) is 0.872. The van der Waals surface area contributed by atoms with Crippen LogP contribution in [0.4, 0.5) is 0 Å². The minimum Gasteiger partial charge on any atom is -0.490 e. The van der Waals surface area contributed by atoms with Crippen LogP contribution in [-0.4, -0.2) is 24.3 Å². The lowest BCUT2D eigenvalue weighted by Crippen LogP contribution is -2.29. The van der Waals surface area contributed by atoms with Crippen LogP contribution in [0.1, 0.15) is 31.2 Å². The van der Waals surface area contributed by atoms with Gasteiger partial charge >= 0.3 is 0 Å². The van der Waals surface area contributed by atoms with Crippen LogP contribution in [0, 0.1) is 0 Å². The molecular weight excluding hydrogens is 246 g/mol. The van der Waals surface area contributed by atoms with Gasteiger partial charge in [0.15, 0.2) is 0 Å². The zero-order valence-electron chi connectivity index (χ0n) is 10.6. The summed E-state index contributed by atoms with van der Waals surface area (Å²) in [6.45, 7) is 0. The molecule has 1 fully saturated rings. The molecule has 2 N–H and O–H groups in total. The van der Waals surface area contributed by atoms with Gasteiger partial charge in [0, 0.05) is 19.1 Å². The fraction of sp³-hybridized carbons (Fsp3) is 0.500. The van der Waals surface area contributed by atoms with Gasteiger partial charge in [-0.1, -0.05) is 12.2 Å². The molecular formula is C14H19NO2S. The first-order chi connectivity index (χ1) is 8.69.